The maximum atomic E-state index is 2.53. The van der Waals surface area contributed by atoms with E-state index in [1.807, 2.05) is 11.3 Å². The smallest absolute Gasteiger partial charge is 0.0714 e. The summed E-state index contributed by atoms with van der Waals surface area (Å²) in [6.07, 6.45) is 0. The van der Waals surface area contributed by atoms with Gasteiger partial charge >= 0.3 is 0 Å². The summed E-state index contributed by atoms with van der Waals surface area (Å²) in [7, 11) is 0. The molecule has 0 N–H and O–H groups in total. The Labute approximate surface area is 320 Å². The van der Waals surface area contributed by atoms with Crippen molar-refractivity contribution in [3.8, 4) is 22.3 Å². The number of nitrogens with zero attached hydrogens (tertiary/aromatic N) is 1. The highest BCUT2D eigenvalue weighted by atomic mass is 32.1. The molecule has 8 aromatic carbocycles. The standard InChI is InChI=1S/C52H37NS/c1-51(2)43-23-12-9-20-38(43)40-30-28-36(32-45(40)51)53(47-25-15-27-49-50(47)42-22-11-14-26-48(42)54-49)37-29-31-41-39-21-10-13-24-44(39)52(46(41)33-37,34-16-5-3-6-17-34)35-18-7-4-8-19-35/h3-33H,1-2H3. The average molecular weight is 708 g/mol. The molecule has 0 radical (unpaired) electrons. The minimum Gasteiger partial charge on any atom is -0.310 e. The molecule has 54 heavy (non-hydrogen) atoms. The summed E-state index contributed by atoms with van der Waals surface area (Å²) in [6, 6.07) is 70.2. The van der Waals surface area contributed by atoms with Crippen LogP contribution in [0.3, 0.4) is 0 Å². The molecule has 2 heteroatoms. The highest BCUT2D eigenvalue weighted by Crippen LogP contribution is 2.58. The minimum absolute atomic E-state index is 0.121. The largest absolute Gasteiger partial charge is 0.310 e. The van der Waals surface area contributed by atoms with Crippen LogP contribution in [0.4, 0.5) is 17.1 Å². The predicted molar refractivity (Wildman–Crippen MR) is 229 cm³/mol. The molecule has 0 amide bonds. The van der Waals surface area contributed by atoms with Crippen LogP contribution in [-0.4, -0.2) is 0 Å². The molecule has 0 saturated heterocycles. The molecule has 1 nitrogen and oxygen atoms in total. The maximum Gasteiger partial charge on any atom is 0.0714 e. The van der Waals surface area contributed by atoms with Crippen LogP contribution >= 0.6 is 11.3 Å². The Balaban J connectivity index is 1.22. The fourth-order valence-electron chi connectivity index (χ4n) is 9.77. The Hall–Kier alpha value is -6.22. The van der Waals surface area contributed by atoms with Crippen molar-refractivity contribution in [3.05, 3.63) is 221 Å². The van der Waals surface area contributed by atoms with Gasteiger partial charge < -0.3 is 4.90 Å². The van der Waals surface area contributed by atoms with Crippen LogP contribution in [0.2, 0.25) is 0 Å². The monoisotopic (exact) mass is 707 g/mol. The van der Waals surface area contributed by atoms with E-state index in [2.05, 4.69) is 207 Å². The Kier molecular flexibility index (Phi) is 6.75. The van der Waals surface area contributed by atoms with Gasteiger partial charge in [-0.1, -0.05) is 159 Å². The Morgan fingerprint density at radius 1 is 0.407 bits per heavy atom. The van der Waals surface area contributed by atoms with Gasteiger partial charge in [0.2, 0.25) is 0 Å². The molecule has 0 unspecified atom stereocenters. The second-order valence-corrected chi connectivity index (χ2v) is 16.3. The van der Waals surface area contributed by atoms with Crippen molar-refractivity contribution in [3.63, 3.8) is 0 Å². The average Bonchev–Trinajstić information content (AvgIpc) is 3.83. The summed E-state index contributed by atoms with van der Waals surface area (Å²) < 4.78 is 2.60. The van der Waals surface area contributed by atoms with Crippen LogP contribution in [-0.2, 0) is 10.8 Å². The lowest BCUT2D eigenvalue weighted by atomic mass is 9.67. The van der Waals surface area contributed by atoms with Crippen LogP contribution in [0.25, 0.3) is 42.4 Å². The van der Waals surface area contributed by atoms with E-state index in [9.17, 15) is 0 Å². The SMILES string of the molecule is CC1(C)c2ccccc2-c2ccc(N(c3ccc4c(c3)C(c3ccccc3)(c3ccccc3)c3ccccc3-4)c3cccc4sc5ccccc5c34)cc21. The van der Waals surface area contributed by atoms with Crippen molar-refractivity contribution in [1.82, 2.24) is 0 Å². The lowest BCUT2D eigenvalue weighted by Crippen LogP contribution is -2.28. The van der Waals surface area contributed by atoms with Gasteiger partial charge in [0.25, 0.3) is 0 Å². The van der Waals surface area contributed by atoms with E-state index in [4.69, 9.17) is 0 Å². The minimum atomic E-state index is -0.487. The Bertz CT molecular complexity index is 2880. The second kappa shape index (κ2) is 11.6. The Morgan fingerprint density at radius 2 is 0.926 bits per heavy atom. The molecule has 2 aliphatic carbocycles. The summed E-state index contributed by atoms with van der Waals surface area (Å²) in [6.45, 7) is 4.75. The normalized spacial score (nSPS) is 14.4. The van der Waals surface area contributed by atoms with E-state index >= 15 is 0 Å². The van der Waals surface area contributed by atoms with Crippen molar-refractivity contribution in [2.75, 3.05) is 4.90 Å². The van der Waals surface area contributed by atoms with Gasteiger partial charge in [0.1, 0.15) is 0 Å². The van der Waals surface area contributed by atoms with Crippen LogP contribution in [0.1, 0.15) is 47.2 Å². The van der Waals surface area contributed by atoms with Gasteiger partial charge in [-0.25, -0.2) is 0 Å². The summed E-state index contributed by atoms with van der Waals surface area (Å²) >= 11 is 1.87. The second-order valence-electron chi connectivity index (χ2n) is 15.2. The van der Waals surface area contributed by atoms with Gasteiger partial charge in [0.05, 0.1) is 11.1 Å². The number of anilines is 3. The number of rotatable bonds is 5. The fraction of sp³-hybridized carbons (Fsp3) is 0.0769. The molecule has 0 bridgehead atoms. The molecule has 256 valence electrons. The van der Waals surface area contributed by atoms with E-state index in [1.165, 1.54) is 81.5 Å². The molecule has 11 rings (SSSR count). The van der Waals surface area contributed by atoms with E-state index in [0.29, 0.717) is 0 Å². The molecular weight excluding hydrogens is 671 g/mol. The molecule has 0 atom stereocenters. The van der Waals surface area contributed by atoms with Gasteiger partial charge in [-0.3, -0.25) is 0 Å². The molecule has 2 aliphatic rings. The van der Waals surface area contributed by atoms with Gasteiger partial charge in [-0.05, 0) is 98.1 Å². The third-order valence-corrected chi connectivity index (χ3v) is 13.3. The summed E-state index contributed by atoms with van der Waals surface area (Å²) in [5.74, 6) is 0. The van der Waals surface area contributed by atoms with E-state index in [1.54, 1.807) is 0 Å². The third-order valence-electron chi connectivity index (χ3n) is 12.1. The van der Waals surface area contributed by atoms with Gasteiger partial charge in [-0.15, -0.1) is 11.3 Å². The van der Waals surface area contributed by atoms with Crippen molar-refractivity contribution in [2.24, 2.45) is 0 Å². The maximum absolute atomic E-state index is 2.53. The molecule has 0 spiro atoms. The molecule has 1 aromatic heterocycles. The number of thiophene rings is 1. The molecular formula is C52H37NS. The van der Waals surface area contributed by atoms with E-state index in [0.717, 1.165) is 11.4 Å². The molecule has 0 saturated carbocycles. The first-order chi connectivity index (χ1) is 26.5. The molecule has 9 aromatic rings. The van der Waals surface area contributed by atoms with Gasteiger partial charge in [0.15, 0.2) is 0 Å². The number of fused-ring (bicyclic) bond motifs is 9. The number of hydrogen-bond donors (Lipinski definition) is 0. The highest BCUT2D eigenvalue weighted by molar-refractivity contribution is 7.26. The zero-order valence-electron chi connectivity index (χ0n) is 30.3. The summed E-state index contributed by atoms with van der Waals surface area (Å²) in [5, 5.41) is 2.59. The van der Waals surface area contributed by atoms with Crippen LogP contribution in [0.15, 0.2) is 188 Å². The zero-order valence-corrected chi connectivity index (χ0v) is 31.1. The van der Waals surface area contributed by atoms with Crippen LogP contribution in [0, 0.1) is 0 Å². The number of benzene rings is 8. The topological polar surface area (TPSA) is 3.24 Å². The van der Waals surface area contributed by atoms with Crippen LogP contribution in [0.5, 0.6) is 0 Å². The highest BCUT2D eigenvalue weighted by Gasteiger charge is 2.46. The zero-order chi connectivity index (χ0) is 36.0. The van der Waals surface area contributed by atoms with Gasteiger partial charge in [-0.2, -0.15) is 0 Å². The lowest BCUT2D eigenvalue weighted by Gasteiger charge is -2.35. The summed E-state index contributed by atoms with van der Waals surface area (Å²) in [5.41, 5.74) is 16.1. The van der Waals surface area contributed by atoms with Crippen LogP contribution < -0.4 is 4.90 Å². The van der Waals surface area contributed by atoms with Crippen molar-refractivity contribution in [2.45, 2.75) is 24.7 Å². The van der Waals surface area contributed by atoms with E-state index < -0.39 is 5.41 Å². The lowest BCUT2D eigenvalue weighted by molar-refractivity contribution is 0.660. The van der Waals surface area contributed by atoms with Crippen molar-refractivity contribution in [1.29, 1.82) is 0 Å². The summed E-state index contributed by atoms with van der Waals surface area (Å²) in [4.78, 5) is 2.53. The molecule has 1 heterocycles. The molecule has 0 aliphatic heterocycles. The van der Waals surface area contributed by atoms with Gasteiger partial charge in [0, 0.05) is 37.0 Å². The van der Waals surface area contributed by atoms with Crippen molar-refractivity contribution >= 4 is 48.6 Å². The Morgan fingerprint density at radius 3 is 1.63 bits per heavy atom. The molecule has 0 fully saturated rings. The first-order valence-electron chi connectivity index (χ1n) is 18.9. The number of hydrogen-bond acceptors (Lipinski definition) is 2. The van der Waals surface area contributed by atoms with E-state index in [-0.39, 0.29) is 5.41 Å². The first kappa shape index (κ1) is 31.3. The van der Waals surface area contributed by atoms with Crippen molar-refractivity contribution < 1.29 is 0 Å². The fourth-order valence-corrected chi connectivity index (χ4v) is 10.9. The quantitative estimate of drug-likeness (QED) is 0.172. The third kappa shape index (κ3) is 4.26. The first-order valence-corrected chi connectivity index (χ1v) is 19.7. The predicted octanol–water partition coefficient (Wildman–Crippen LogP) is 14.2.